The van der Waals surface area contributed by atoms with E-state index in [9.17, 15) is 9.59 Å². The number of hydrogen-bond acceptors (Lipinski definition) is 5. The number of esters is 1. The number of ether oxygens (including phenoxy) is 3. The molecule has 3 aromatic rings. The molecule has 0 saturated carbocycles. The van der Waals surface area contributed by atoms with Gasteiger partial charge in [0.1, 0.15) is 0 Å². The van der Waals surface area contributed by atoms with Gasteiger partial charge >= 0.3 is 5.97 Å². The van der Waals surface area contributed by atoms with Gasteiger partial charge in [0.25, 0.3) is 5.91 Å². The summed E-state index contributed by atoms with van der Waals surface area (Å²) in [7, 11) is 3.14. The Bertz CT molecular complexity index is 1010. The summed E-state index contributed by atoms with van der Waals surface area (Å²) < 4.78 is 17.7. The van der Waals surface area contributed by atoms with Gasteiger partial charge in [0, 0.05) is 31.2 Å². The number of hydrogen-bond donors (Lipinski definition) is 0. The van der Waals surface area contributed by atoms with Crippen LogP contribution < -0.4 is 9.47 Å². The third-order valence-electron chi connectivity index (χ3n) is 4.89. The van der Waals surface area contributed by atoms with Crippen molar-refractivity contribution in [3.63, 3.8) is 0 Å². The molecular weight excluding hydrogens is 396 g/mol. The van der Waals surface area contributed by atoms with Crippen LogP contribution in [0.25, 0.3) is 5.69 Å². The van der Waals surface area contributed by atoms with E-state index < -0.39 is 5.97 Å². The van der Waals surface area contributed by atoms with E-state index in [0.717, 1.165) is 11.3 Å². The Labute approximate surface area is 181 Å². The molecule has 0 aliphatic rings. The van der Waals surface area contributed by atoms with E-state index in [1.54, 1.807) is 37.3 Å². The van der Waals surface area contributed by atoms with Gasteiger partial charge in [-0.15, -0.1) is 0 Å². The summed E-state index contributed by atoms with van der Waals surface area (Å²) in [6, 6.07) is 16.4. The van der Waals surface area contributed by atoms with Gasteiger partial charge in [-0.2, -0.15) is 0 Å². The van der Waals surface area contributed by atoms with Crippen molar-refractivity contribution >= 4 is 11.9 Å². The average Bonchev–Trinajstić information content (AvgIpc) is 3.35. The van der Waals surface area contributed by atoms with E-state index in [1.165, 1.54) is 0 Å². The zero-order valence-corrected chi connectivity index (χ0v) is 17.9. The lowest BCUT2D eigenvalue weighted by Crippen LogP contribution is -2.34. The van der Waals surface area contributed by atoms with Crippen molar-refractivity contribution in [2.75, 3.05) is 27.4 Å². The average molecular weight is 422 g/mol. The van der Waals surface area contributed by atoms with Gasteiger partial charge in [-0.05, 0) is 61.0 Å². The molecule has 3 rings (SSSR count). The maximum absolute atomic E-state index is 12.6. The summed E-state index contributed by atoms with van der Waals surface area (Å²) in [5.74, 6) is 0.416. The van der Waals surface area contributed by atoms with Crippen molar-refractivity contribution in [2.24, 2.45) is 0 Å². The van der Waals surface area contributed by atoms with Crippen LogP contribution in [0.4, 0.5) is 0 Å². The Hall–Kier alpha value is -3.74. The number of amides is 1. The van der Waals surface area contributed by atoms with Crippen LogP contribution in [0.2, 0.25) is 0 Å². The molecule has 7 heteroatoms. The second kappa shape index (κ2) is 10.3. The Balaban J connectivity index is 1.57. The largest absolute Gasteiger partial charge is 0.493 e. The second-order valence-electron chi connectivity index (χ2n) is 6.81. The number of carbonyl (C=O) groups is 2. The van der Waals surface area contributed by atoms with E-state index in [1.807, 2.05) is 60.3 Å². The highest BCUT2D eigenvalue weighted by molar-refractivity contribution is 5.91. The number of methoxy groups -OCH3 is 2. The van der Waals surface area contributed by atoms with Gasteiger partial charge in [0.15, 0.2) is 18.1 Å². The van der Waals surface area contributed by atoms with Gasteiger partial charge in [-0.25, -0.2) is 4.79 Å². The van der Waals surface area contributed by atoms with Gasteiger partial charge in [-0.3, -0.25) is 4.79 Å². The van der Waals surface area contributed by atoms with Crippen LogP contribution in [0.5, 0.6) is 11.5 Å². The standard InChI is InChI=1S/C24H26N2O5/c1-4-25(16-18-7-12-21(29-2)22(15-18)30-3)23(27)17-31-24(28)19-8-10-20(11-9-19)26-13-5-6-14-26/h5-15H,4,16-17H2,1-3H3. The monoisotopic (exact) mass is 422 g/mol. The number of likely N-dealkylation sites (N-methyl/N-ethyl adjacent to an activating group) is 1. The van der Waals surface area contributed by atoms with Crippen LogP contribution in [0, 0.1) is 0 Å². The van der Waals surface area contributed by atoms with E-state index in [0.29, 0.717) is 30.2 Å². The SMILES string of the molecule is CCN(Cc1ccc(OC)c(OC)c1)C(=O)COC(=O)c1ccc(-n2cccc2)cc1. The first-order valence-corrected chi connectivity index (χ1v) is 9.95. The summed E-state index contributed by atoms with van der Waals surface area (Å²) >= 11 is 0. The summed E-state index contributed by atoms with van der Waals surface area (Å²) in [6.45, 7) is 2.41. The lowest BCUT2D eigenvalue weighted by atomic mass is 10.2. The normalized spacial score (nSPS) is 10.4. The third-order valence-corrected chi connectivity index (χ3v) is 4.89. The first kappa shape index (κ1) is 22.0. The second-order valence-corrected chi connectivity index (χ2v) is 6.81. The fourth-order valence-electron chi connectivity index (χ4n) is 3.15. The van der Waals surface area contributed by atoms with Gasteiger partial charge in [0.2, 0.25) is 0 Å². The smallest absolute Gasteiger partial charge is 0.338 e. The third kappa shape index (κ3) is 5.45. The van der Waals surface area contributed by atoms with Crippen LogP contribution in [-0.2, 0) is 16.1 Å². The minimum absolute atomic E-state index is 0.269. The molecule has 1 amide bonds. The Morgan fingerprint density at radius 3 is 2.23 bits per heavy atom. The molecule has 0 N–H and O–H groups in total. The van der Waals surface area contributed by atoms with E-state index in [-0.39, 0.29) is 12.5 Å². The molecular formula is C24H26N2O5. The summed E-state index contributed by atoms with van der Waals surface area (Å²) in [4.78, 5) is 26.5. The molecule has 0 aliphatic carbocycles. The Morgan fingerprint density at radius 1 is 0.935 bits per heavy atom. The molecule has 0 spiro atoms. The van der Waals surface area contributed by atoms with Crippen molar-refractivity contribution < 1.29 is 23.8 Å². The molecule has 0 fully saturated rings. The van der Waals surface area contributed by atoms with Crippen LogP contribution in [0.15, 0.2) is 67.0 Å². The van der Waals surface area contributed by atoms with E-state index in [2.05, 4.69) is 0 Å². The summed E-state index contributed by atoms with van der Waals surface area (Å²) in [6.07, 6.45) is 3.84. The first-order valence-electron chi connectivity index (χ1n) is 9.95. The van der Waals surface area contributed by atoms with Crippen LogP contribution in [0.3, 0.4) is 0 Å². The first-order chi connectivity index (χ1) is 15.0. The van der Waals surface area contributed by atoms with Crippen LogP contribution in [0.1, 0.15) is 22.8 Å². The van der Waals surface area contributed by atoms with E-state index >= 15 is 0 Å². The summed E-state index contributed by atoms with van der Waals surface area (Å²) in [5, 5.41) is 0. The minimum atomic E-state index is -0.533. The molecule has 2 aromatic carbocycles. The number of rotatable bonds is 9. The van der Waals surface area contributed by atoms with Crippen molar-refractivity contribution in [3.05, 3.63) is 78.1 Å². The number of benzene rings is 2. The highest BCUT2D eigenvalue weighted by Gasteiger charge is 2.17. The van der Waals surface area contributed by atoms with Gasteiger partial charge < -0.3 is 23.7 Å². The number of carbonyl (C=O) groups excluding carboxylic acids is 2. The Morgan fingerprint density at radius 2 is 1.61 bits per heavy atom. The quantitative estimate of drug-likeness (QED) is 0.492. The maximum Gasteiger partial charge on any atom is 0.338 e. The van der Waals surface area contributed by atoms with Crippen molar-refractivity contribution in [3.8, 4) is 17.2 Å². The predicted octanol–water partition coefficient (Wildman–Crippen LogP) is 3.70. The number of aromatic nitrogens is 1. The molecule has 0 unspecified atom stereocenters. The Kier molecular flexibility index (Phi) is 7.32. The lowest BCUT2D eigenvalue weighted by Gasteiger charge is -2.21. The van der Waals surface area contributed by atoms with Gasteiger partial charge in [-0.1, -0.05) is 6.07 Å². The molecule has 0 atom stereocenters. The molecule has 1 aromatic heterocycles. The number of nitrogens with zero attached hydrogens (tertiary/aromatic N) is 2. The molecule has 31 heavy (non-hydrogen) atoms. The zero-order chi connectivity index (χ0) is 22.2. The fourth-order valence-corrected chi connectivity index (χ4v) is 3.15. The van der Waals surface area contributed by atoms with Gasteiger partial charge in [0.05, 0.1) is 19.8 Å². The predicted molar refractivity (Wildman–Crippen MR) is 117 cm³/mol. The topological polar surface area (TPSA) is 70.0 Å². The molecule has 1 heterocycles. The minimum Gasteiger partial charge on any atom is -0.493 e. The van der Waals surface area contributed by atoms with Crippen LogP contribution in [-0.4, -0.2) is 48.7 Å². The highest BCUT2D eigenvalue weighted by Crippen LogP contribution is 2.28. The molecule has 0 saturated heterocycles. The fraction of sp³-hybridized carbons (Fsp3) is 0.250. The van der Waals surface area contributed by atoms with E-state index in [4.69, 9.17) is 14.2 Å². The summed E-state index contributed by atoms with van der Waals surface area (Å²) in [5.41, 5.74) is 2.22. The molecule has 162 valence electrons. The van der Waals surface area contributed by atoms with Crippen molar-refractivity contribution in [1.82, 2.24) is 9.47 Å². The lowest BCUT2D eigenvalue weighted by molar-refractivity contribution is -0.134. The highest BCUT2D eigenvalue weighted by atomic mass is 16.5. The molecule has 0 aliphatic heterocycles. The molecule has 0 bridgehead atoms. The zero-order valence-electron chi connectivity index (χ0n) is 17.9. The van der Waals surface area contributed by atoms with Crippen molar-refractivity contribution in [1.29, 1.82) is 0 Å². The maximum atomic E-state index is 12.6. The van der Waals surface area contributed by atoms with Crippen LogP contribution >= 0.6 is 0 Å². The molecule has 0 radical (unpaired) electrons. The van der Waals surface area contributed by atoms with Crippen molar-refractivity contribution in [2.45, 2.75) is 13.5 Å². The molecule has 7 nitrogen and oxygen atoms in total.